The van der Waals surface area contributed by atoms with E-state index in [4.69, 9.17) is 17.3 Å². The van der Waals surface area contributed by atoms with Crippen molar-refractivity contribution in [3.63, 3.8) is 0 Å². The first-order valence-electron chi connectivity index (χ1n) is 7.59. The number of halogens is 1. The number of aromatic nitrogens is 1. The fraction of sp³-hybridized carbons (Fsp3) is 0.167. The van der Waals surface area contributed by atoms with Gasteiger partial charge in [-0.05, 0) is 36.6 Å². The normalized spacial score (nSPS) is 16.1. The molecule has 1 fully saturated rings. The number of anilines is 1. The van der Waals surface area contributed by atoms with Gasteiger partial charge in [0.05, 0.1) is 5.41 Å². The number of carbonyl (C=O) groups excluding carboxylic acids is 1. The molecule has 1 heterocycles. The van der Waals surface area contributed by atoms with Crippen LogP contribution in [0.25, 0.3) is 0 Å². The highest BCUT2D eigenvalue weighted by atomic mass is 35.5. The Hall–Kier alpha value is -2.66. The van der Waals surface area contributed by atoms with Crippen molar-refractivity contribution >= 4 is 29.0 Å². The molecule has 0 bridgehead atoms. The fourth-order valence-electron chi connectivity index (χ4n) is 2.49. The number of pyridine rings is 1. The second-order valence-electron chi connectivity index (χ2n) is 5.63. The Morgan fingerprint density at radius 2 is 2.04 bits per heavy atom. The van der Waals surface area contributed by atoms with E-state index in [1.807, 2.05) is 30.3 Å². The van der Waals surface area contributed by atoms with Crippen molar-refractivity contribution in [1.82, 2.24) is 4.98 Å². The van der Waals surface area contributed by atoms with Crippen molar-refractivity contribution < 1.29 is 4.79 Å². The van der Waals surface area contributed by atoms with Gasteiger partial charge in [-0.1, -0.05) is 41.9 Å². The number of hydrogen-bond donors (Lipinski definition) is 2. The van der Waals surface area contributed by atoms with Crippen LogP contribution in [0.4, 0.5) is 5.69 Å². The Kier molecular flexibility index (Phi) is 4.62. The van der Waals surface area contributed by atoms with E-state index in [1.54, 1.807) is 30.6 Å². The van der Waals surface area contributed by atoms with E-state index in [2.05, 4.69) is 15.3 Å². The minimum absolute atomic E-state index is 0.162. The average Bonchev–Trinajstić information content (AvgIpc) is 3.38. The molecule has 122 valence electrons. The first kappa shape index (κ1) is 16.2. The number of amidine groups is 1. The van der Waals surface area contributed by atoms with Crippen LogP contribution in [0.5, 0.6) is 0 Å². The monoisotopic (exact) mass is 340 g/mol. The molecule has 0 radical (unpaired) electrons. The number of hydrogen-bond acceptors (Lipinski definition) is 3. The van der Waals surface area contributed by atoms with Gasteiger partial charge in [-0.25, -0.2) is 4.98 Å². The molecule has 1 aliphatic carbocycles. The number of amides is 1. The summed E-state index contributed by atoms with van der Waals surface area (Å²) in [6.45, 7) is 0. The zero-order valence-electron chi connectivity index (χ0n) is 12.9. The second-order valence-corrected chi connectivity index (χ2v) is 6.02. The molecule has 0 unspecified atom stereocenters. The average molecular weight is 341 g/mol. The third-order valence-corrected chi connectivity index (χ3v) is 4.15. The van der Waals surface area contributed by atoms with Gasteiger partial charge in [0.2, 0.25) is 0 Å². The lowest BCUT2D eigenvalue weighted by atomic mass is 9.95. The summed E-state index contributed by atoms with van der Waals surface area (Å²) in [6.07, 6.45) is 6.37. The minimum Gasteiger partial charge on any atom is -0.384 e. The number of aliphatic imine (C=N–C) groups is 1. The quantitative estimate of drug-likeness (QED) is 0.497. The molecule has 3 N–H and O–H groups in total. The Balaban J connectivity index is 1.65. The lowest BCUT2D eigenvalue weighted by Crippen LogP contribution is -2.22. The van der Waals surface area contributed by atoms with Crippen LogP contribution in [-0.2, 0) is 10.2 Å². The lowest BCUT2D eigenvalue weighted by Gasteiger charge is -2.11. The van der Waals surface area contributed by atoms with Crippen LogP contribution < -0.4 is 11.1 Å². The van der Waals surface area contributed by atoms with Gasteiger partial charge in [-0.3, -0.25) is 4.79 Å². The number of carbonyl (C=O) groups is 1. The molecule has 0 saturated heterocycles. The summed E-state index contributed by atoms with van der Waals surface area (Å²) >= 11 is 5.80. The SMILES string of the molecule is NC(/C=C\Nc1ccnc(Cl)c1)=NC(=O)C1(c2ccccc2)CC1. The molecule has 1 aromatic heterocycles. The van der Waals surface area contributed by atoms with Crippen molar-refractivity contribution in [3.8, 4) is 0 Å². The molecule has 24 heavy (non-hydrogen) atoms. The molecule has 5 nitrogen and oxygen atoms in total. The first-order chi connectivity index (χ1) is 11.6. The van der Waals surface area contributed by atoms with Gasteiger partial charge in [-0.15, -0.1) is 0 Å². The van der Waals surface area contributed by atoms with Gasteiger partial charge in [-0.2, -0.15) is 4.99 Å². The molecule has 0 spiro atoms. The molecule has 2 aromatic rings. The van der Waals surface area contributed by atoms with E-state index in [1.165, 1.54) is 0 Å². The molecular weight excluding hydrogens is 324 g/mol. The standard InChI is InChI=1S/C18H17ClN4O/c19-15-12-14(6-10-22-15)21-11-7-16(20)23-17(24)18(8-9-18)13-4-2-1-3-5-13/h1-7,10-12H,8-9H2,(H,21,22)(H2,20,23,24)/b11-7-. The molecule has 1 aliphatic rings. The van der Waals surface area contributed by atoms with Gasteiger partial charge in [0.25, 0.3) is 5.91 Å². The predicted molar refractivity (Wildman–Crippen MR) is 96.0 cm³/mol. The van der Waals surface area contributed by atoms with Crippen LogP contribution >= 0.6 is 11.6 Å². The number of rotatable bonds is 5. The number of nitrogens with zero attached hydrogens (tertiary/aromatic N) is 2. The van der Waals surface area contributed by atoms with Crippen LogP contribution in [0.15, 0.2) is 65.9 Å². The molecule has 0 aliphatic heterocycles. The Labute approximate surface area is 145 Å². The smallest absolute Gasteiger partial charge is 0.258 e. The molecule has 6 heteroatoms. The Morgan fingerprint density at radius 3 is 2.71 bits per heavy atom. The van der Waals surface area contributed by atoms with Crippen LogP contribution in [0, 0.1) is 0 Å². The summed E-state index contributed by atoms with van der Waals surface area (Å²) in [6, 6.07) is 13.2. The molecular formula is C18H17ClN4O. The molecule has 1 saturated carbocycles. The van der Waals surface area contributed by atoms with Crippen molar-refractivity contribution in [2.45, 2.75) is 18.3 Å². The zero-order chi connectivity index (χ0) is 17.0. The maximum absolute atomic E-state index is 12.5. The summed E-state index contributed by atoms with van der Waals surface area (Å²) < 4.78 is 0. The second kappa shape index (κ2) is 6.84. The number of benzene rings is 1. The number of nitrogens with one attached hydrogen (secondary N) is 1. The van der Waals surface area contributed by atoms with Crippen molar-refractivity contribution in [2.75, 3.05) is 5.32 Å². The van der Waals surface area contributed by atoms with Crippen LogP contribution in [-0.4, -0.2) is 16.7 Å². The maximum atomic E-state index is 12.5. The van der Waals surface area contributed by atoms with Gasteiger partial charge in [0.1, 0.15) is 11.0 Å². The van der Waals surface area contributed by atoms with Crippen LogP contribution in [0.3, 0.4) is 0 Å². The highest BCUT2D eigenvalue weighted by Gasteiger charge is 2.51. The Morgan fingerprint density at radius 1 is 1.29 bits per heavy atom. The molecule has 1 aromatic carbocycles. The first-order valence-corrected chi connectivity index (χ1v) is 7.97. The van der Waals surface area contributed by atoms with Gasteiger partial charge in [0, 0.05) is 18.1 Å². The number of nitrogens with two attached hydrogens (primary N) is 1. The Bertz CT molecular complexity index is 798. The molecule has 0 atom stereocenters. The summed E-state index contributed by atoms with van der Waals surface area (Å²) in [5.41, 5.74) is 7.11. The summed E-state index contributed by atoms with van der Waals surface area (Å²) in [4.78, 5) is 20.4. The van der Waals surface area contributed by atoms with E-state index in [0.717, 1.165) is 24.1 Å². The van der Waals surface area contributed by atoms with Crippen LogP contribution in [0.2, 0.25) is 5.15 Å². The summed E-state index contributed by atoms with van der Waals surface area (Å²) in [5, 5.41) is 3.39. The van der Waals surface area contributed by atoms with Crippen LogP contribution in [0.1, 0.15) is 18.4 Å². The van der Waals surface area contributed by atoms with E-state index >= 15 is 0 Å². The van der Waals surface area contributed by atoms with Crippen molar-refractivity contribution in [2.24, 2.45) is 10.7 Å². The molecule has 1 amide bonds. The maximum Gasteiger partial charge on any atom is 0.258 e. The highest BCUT2D eigenvalue weighted by molar-refractivity contribution is 6.29. The van der Waals surface area contributed by atoms with E-state index in [0.29, 0.717) is 5.15 Å². The van der Waals surface area contributed by atoms with Gasteiger partial charge >= 0.3 is 0 Å². The molecule has 3 rings (SSSR count). The summed E-state index contributed by atoms with van der Waals surface area (Å²) in [5.74, 6) is -0.0299. The van der Waals surface area contributed by atoms with E-state index in [9.17, 15) is 4.79 Å². The van der Waals surface area contributed by atoms with Crippen molar-refractivity contribution in [3.05, 3.63) is 71.7 Å². The third kappa shape index (κ3) is 3.63. The van der Waals surface area contributed by atoms with Crippen molar-refractivity contribution in [1.29, 1.82) is 0 Å². The van der Waals surface area contributed by atoms with Gasteiger partial charge in [0.15, 0.2) is 0 Å². The summed E-state index contributed by atoms with van der Waals surface area (Å²) in [7, 11) is 0. The highest BCUT2D eigenvalue weighted by Crippen LogP contribution is 2.49. The van der Waals surface area contributed by atoms with E-state index in [-0.39, 0.29) is 11.7 Å². The topological polar surface area (TPSA) is 80.4 Å². The zero-order valence-corrected chi connectivity index (χ0v) is 13.7. The third-order valence-electron chi connectivity index (χ3n) is 3.95. The largest absolute Gasteiger partial charge is 0.384 e. The minimum atomic E-state index is -0.494. The van der Waals surface area contributed by atoms with E-state index < -0.39 is 5.41 Å². The predicted octanol–water partition coefficient (Wildman–Crippen LogP) is 3.28. The lowest BCUT2D eigenvalue weighted by molar-refractivity contribution is -0.120. The van der Waals surface area contributed by atoms with Gasteiger partial charge < -0.3 is 11.1 Å². The fourth-order valence-corrected chi connectivity index (χ4v) is 2.66.